The predicted molar refractivity (Wildman–Crippen MR) is 92.2 cm³/mol. The first-order chi connectivity index (χ1) is 10.7. The first-order valence-electron chi connectivity index (χ1n) is 6.79. The van der Waals surface area contributed by atoms with Gasteiger partial charge in [0.05, 0.1) is 10.6 Å². The highest BCUT2D eigenvalue weighted by atomic mass is 79.9. The summed E-state index contributed by atoms with van der Waals surface area (Å²) in [4.78, 5) is 11.2. The quantitative estimate of drug-likeness (QED) is 0.839. The van der Waals surface area contributed by atoms with E-state index in [4.69, 9.17) is 5.11 Å². The Kier molecular flexibility index (Phi) is 5.11. The second-order valence-corrected chi connectivity index (χ2v) is 7.93. The summed E-state index contributed by atoms with van der Waals surface area (Å²) in [5, 5.41) is 9.13. The highest BCUT2D eigenvalue weighted by molar-refractivity contribution is 9.10. The SMILES string of the molecule is Cc1ccc(N(CC(=O)O)S(=O)(=O)c2ccc(Br)cc2)c(C)c1. The van der Waals surface area contributed by atoms with Crippen molar-refractivity contribution in [3.8, 4) is 0 Å². The van der Waals surface area contributed by atoms with Crippen LogP contribution in [0, 0.1) is 13.8 Å². The van der Waals surface area contributed by atoms with Crippen LogP contribution in [0.3, 0.4) is 0 Å². The number of anilines is 1. The summed E-state index contributed by atoms with van der Waals surface area (Å²) >= 11 is 3.25. The van der Waals surface area contributed by atoms with Crippen LogP contribution in [0.5, 0.6) is 0 Å². The molecule has 5 nitrogen and oxygen atoms in total. The second kappa shape index (κ2) is 6.72. The molecule has 2 rings (SSSR count). The first-order valence-corrected chi connectivity index (χ1v) is 9.02. The molecule has 0 aliphatic carbocycles. The molecule has 7 heteroatoms. The minimum absolute atomic E-state index is 0.0434. The van der Waals surface area contributed by atoms with Crippen LogP contribution in [0.15, 0.2) is 51.8 Å². The second-order valence-electron chi connectivity index (χ2n) is 5.15. The maximum absolute atomic E-state index is 12.9. The molecular formula is C16H16BrNO4S. The van der Waals surface area contributed by atoms with Gasteiger partial charge in [0.25, 0.3) is 10.0 Å². The lowest BCUT2D eigenvalue weighted by molar-refractivity contribution is -0.135. The summed E-state index contributed by atoms with van der Waals surface area (Å²) in [5.41, 5.74) is 2.04. The average Bonchev–Trinajstić information content (AvgIpc) is 2.45. The molecule has 0 heterocycles. The van der Waals surface area contributed by atoms with Crippen LogP contribution in [0.25, 0.3) is 0 Å². The number of halogens is 1. The number of hydrogen-bond donors (Lipinski definition) is 1. The maximum Gasteiger partial charge on any atom is 0.324 e. The van der Waals surface area contributed by atoms with Gasteiger partial charge in [0.15, 0.2) is 0 Å². The molecule has 2 aromatic carbocycles. The summed E-state index contributed by atoms with van der Waals surface area (Å²) < 4.78 is 27.4. The molecule has 0 spiro atoms. The number of carbonyl (C=O) groups is 1. The number of nitrogens with zero attached hydrogens (tertiary/aromatic N) is 1. The Labute approximate surface area is 143 Å². The smallest absolute Gasteiger partial charge is 0.324 e. The third kappa shape index (κ3) is 3.92. The number of sulfonamides is 1. The lowest BCUT2D eigenvalue weighted by atomic mass is 10.1. The van der Waals surface area contributed by atoms with E-state index in [0.717, 1.165) is 14.3 Å². The molecular weight excluding hydrogens is 382 g/mol. The lowest BCUT2D eigenvalue weighted by Gasteiger charge is -2.24. The van der Waals surface area contributed by atoms with E-state index >= 15 is 0 Å². The topological polar surface area (TPSA) is 74.7 Å². The molecule has 0 amide bonds. The zero-order chi connectivity index (χ0) is 17.2. The molecule has 0 radical (unpaired) electrons. The van der Waals surface area contributed by atoms with Crippen molar-refractivity contribution in [1.29, 1.82) is 0 Å². The Bertz CT molecular complexity index is 832. The zero-order valence-electron chi connectivity index (χ0n) is 12.7. The molecule has 0 saturated heterocycles. The van der Waals surface area contributed by atoms with Crippen molar-refractivity contribution in [3.05, 3.63) is 58.1 Å². The van der Waals surface area contributed by atoms with E-state index in [1.165, 1.54) is 12.1 Å². The Morgan fingerprint density at radius 1 is 1.13 bits per heavy atom. The predicted octanol–water partition coefficient (Wildman–Crippen LogP) is 3.35. The van der Waals surface area contributed by atoms with Crippen LogP contribution in [0.1, 0.15) is 11.1 Å². The van der Waals surface area contributed by atoms with E-state index in [2.05, 4.69) is 15.9 Å². The van der Waals surface area contributed by atoms with Gasteiger partial charge in [-0.05, 0) is 49.7 Å². The summed E-state index contributed by atoms with van der Waals surface area (Å²) in [6.07, 6.45) is 0. The van der Waals surface area contributed by atoms with Crippen LogP contribution in [-0.4, -0.2) is 26.0 Å². The third-order valence-corrected chi connectivity index (χ3v) is 5.60. The minimum atomic E-state index is -3.97. The summed E-state index contributed by atoms with van der Waals surface area (Å²) in [6, 6.07) is 11.3. The number of benzene rings is 2. The van der Waals surface area contributed by atoms with E-state index in [1.807, 2.05) is 13.0 Å². The minimum Gasteiger partial charge on any atom is -0.480 e. The average molecular weight is 398 g/mol. The first kappa shape index (κ1) is 17.5. The van der Waals surface area contributed by atoms with Crippen molar-refractivity contribution in [1.82, 2.24) is 0 Å². The Hall–Kier alpha value is -1.86. The van der Waals surface area contributed by atoms with Crippen LogP contribution in [0.2, 0.25) is 0 Å². The van der Waals surface area contributed by atoms with Crippen molar-refractivity contribution in [2.24, 2.45) is 0 Å². The standard InChI is InChI=1S/C16H16BrNO4S/c1-11-3-8-15(12(2)9-11)18(10-16(19)20)23(21,22)14-6-4-13(17)5-7-14/h3-9H,10H2,1-2H3,(H,19,20). The van der Waals surface area contributed by atoms with Gasteiger partial charge in [0, 0.05) is 4.47 Å². The molecule has 122 valence electrons. The summed E-state index contributed by atoms with van der Waals surface area (Å²) in [7, 11) is -3.97. The molecule has 0 unspecified atom stereocenters. The maximum atomic E-state index is 12.9. The van der Waals surface area contributed by atoms with Crippen molar-refractivity contribution in [3.63, 3.8) is 0 Å². The van der Waals surface area contributed by atoms with Crippen molar-refractivity contribution in [2.45, 2.75) is 18.7 Å². The number of aliphatic carboxylic acids is 1. The van der Waals surface area contributed by atoms with Gasteiger partial charge in [-0.3, -0.25) is 9.10 Å². The molecule has 0 fully saturated rings. The monoisotopic (exact) mass is 397 g/mol. The Morgan fingerprint density at radius 3 is 2.26 bits per heavy atom. The van der Waals surface area contributed by atoms with Gasteiger partial charge in [-0.15, -0.1) is 0 Å². The van der Waals surface area contributed by atoms with Crippen LogP contribution >= 0.6 is 15.9 Å². The van der Waals surface area contributed by atoms with E-state index in [9.17, 15) is 13.2 Å². The van der Waals surface area contributed by atoms with E-state index in [-0.39, 0.29) is 4.90 Å². The lowest BCUT2D eigenvalue weighted by Crippen LogP contribution is -2.36. The largest absolute Gasteiger partial charge is 0.480 e. The van der Waals surface area contributed by atoms with Crippen molar-refractivity contribution in [2.75, 3.05) is 10.8 Å². The number of carboxylic acids is 1. The van der Waals surface area contributed by atoms with Gasteiger partial charge in [0.1, 0.15) is 6.54 Å². The zero-order valence-corrected chi connectivity index (χ0v) is 15.1. The number of rotatable bonds is 5. The molecule has 0 aromatic heterocycles. The Balaban J connectivity index is 2.57. The molecule has 0 atom stereocenters. The van der Waals surface area contributed by atoms with Gasteiger partial charge >= 0.3 is 5.97 Å². The summed E-state index contributed by atoms with van der Waals surface area (Å²) in [5.74, 6) is -1.22. The fraction of sp³-hybridized carbons (Fsp3) is 0.188. The summed E-state index contributed by atoms with van der Waals surface area (Å²) in [6.45, 7) is 3.01. The van der Waals surface area contributed by atoms with Gasteiger partial charge in [-0.2, -0.15) is 0 Å². The van der Waals surface area contributed by atoms with Crippen LogP contribution in [0.4, 0.5) is 5.69 Å². The molecule has 1 N–H and O–H groups in total. The Morgan fingerprint density at radius 2 is 1.74 bits per heavy atom. The normalized spacial score (nSPS) is 11.3. The number of carboxylic acid groups (broad SMARTS) is 1. The fourth-order valence-electron chi connectivity index (χ4n) is 2.24. The molecule has 23 heavy (non-hydrogen) atoms. The molecule has 0 aliphatic heterocycles. The van der Waals surface area contributed by atoms with Crippen LogP contribution < -0.4 is 4.31 Å². The van der Waals surface area contributed by atoms with Gasteiger partial charge < -0.3 is 5.11 Å². The number of aryl methyl sites for hydroxylation is 2. The van der Waals surface area contributed by atoms with Gasteiger partial charge in [0.2, 0.25) is 0 Å². The highest BCUT2D eigenvalue weighted by Crippen LogP contribution is 2.28. The molecule has 0 aliphatic rings. The third-order valence-electron chi connectivity index (χ3n) is 3.30. The van der Waals surface area contributed by atoms with Crippen molar-refractivity contribution < 1.29 is 18.3 Å². The van der Waals surface area contributed by atoms with Crippen molar-refractivity contribution >= 4 is 37.6 Å². The van der Waals surface area contributed by atoms with E-state index in [1.54, 1.807) is 31.2 Å². The van der Waals surface area contributed by atoms with Crippen LogP contribution in [-0.2, 0) is 14.8 Å². The van der Waals surface area contributed by atoms with E-state index < -0.39 is 22.5 Å². The molecule has 2 aromatic rings. The van der Waals surface area contributed by atoms with Gasteiger partial charge in [-0.25, -0.2) is 8.42 Å². The number of hydrogen-bond acceptors (Lipinski definition) is 3. The van der Waals surface area contributed by atoms with Gasteiger partial charge in [-0.1, -0.05) is 33.6 Å². The molecule has 0 saturated carbocycles. The highest BCUT2D eigenvalue weighted by Gasteiger charge is 2.28. The molecule has 0 bridgehead atoms. The van der Waals surface area contributed by atoms with E-state index in [0.29, 0.717) is 11.3 Å². The fourth-order valence-corrected chi connectivity index (χ4v) is 3.98.